The molecule has 0 saturated carbocycles. The molecule has 0 spiro atoms. The van der Waals surface area contributed by atoms with Crippen molar-refractivity contribution in [1.82, 2.24) is 20.5 Å². The van der Waals surface area contributed by atoms with Gasteiger partial charge in [0.15, 0.2) is 0 Å². The number of hydrogen-bond acceptors (Lipinski definition) is 3. The van der Waals surface area contributed by atoms with E-state index < -0.39 is 17.6 Å². The molecule has 0 aliphatic heterocycles. The zero-order valence-corrected chi connectivity index (χ0v) is 9.63. The van der Waals surface area contributed by atoms with Gasteiger partial charge in [0, 0.05) is 6.54 Å². The molecule has 2 aromatic rings. The predicted octanol–water partition coefficient (Wildman–Crippen LogP) is 2.25. The summed E-state index contributed by atoms with van der Waals surface area (Å²) in [7, 11) is 0. The number of rotatable bonds is 4. The zero-order chi connectivity index (χ0) is 13.9. The molecule has 8 heteroatoms. The molecule has 1 heterocycles. The summed E-state index contributed by atoms with van der Waals surface area (Å²) in [6.45, 7) is 0.402. The molecule has 102 valence electrons. The Bertz CT molecular complexity index is 536. The molecule has 2 rings (SSSR count). The molecule has 0 saturated heterocycles. The fourth-order valence-corrected chi connectivity index (χ4v) is 1.56. The van der Waals surface area contributed by atoms with E-state index in [-0.39, 0.29) is 12.1 Å². The summed E-state index contributed by atoms with van der Waals surface area (Å²) in [5.74, 6) is -0.362. The molecule has 0 aliphatic carbocycles. The Morgan fingerprint density at radius 2 is 1.95 bits per heavy atom. The number of nitrogens with zero attached hydrogens (tertiary/aromatic N) is 2. The van der Waals surface area contributed by atoms with Gasteiger partial charge in [0.2, 0.25) is 0 Å². The van der Waals surface area contributed by atoms with Crippen LogP contribution in [-0.2, 0) is 19.3 Å². The highest BCUT2D eigenvalue weighted by Gasteiger charge is 2.31. The molecule has 0 fully saturated rings. The SMILES string of the molecule is Fc1cc(CNCc2ncn[nH]2)cc(C(F)(F)F)c1. The molecule has 0 unspecified atom stereocenters. The molecule has 1 aromatic heterocycles. The molecule has 1 aromatic carbocycles. The van der Waals surface area contributed by atoms with E-state index in [1.165, 1.54) is 6.33 Å². The Balaban J connectivity index is 2.02. The molecule has 0 bridgehead atoms. The Morgan fingerprint density at radius 3 is 2.58 bits per heavy atom. The van der Waals surface area contributed by atoms with Crippen molar-refractivity contribution < 1.29 is 17.6 Å². The van der Waals surface area contributed by atoms with Crippen molar-refractivity contribution in [2.75, 3.05) is 0 Å². The quantitative estimate of drug-likeness (QED) is 0.841. The standard InChI is InChI=1S/C11H10F4N4/c12-9-2-7(1-8(3-9)11(13,14)15)4-16-5-10-17-6-18-19-10/h1-3,6,16H,4-5H2,(H,17,18,19). The van der Waals surface area contributed by atoms with Crippen LogP contribution < -0.4 is 5.32 Å². The maximum Gasteiger partial charge on any atom is 0.416 e. The van der Waals surface area contributed by atoms with Gasteiger partial charge in [-0.15, -0.1) is 0 Å². The third kappa shape index (κ3) is 3.75. The number of benzene rings is 1. The van der Waals surface area contributed by atoms with Crippen molar-refractivity contribution in [3.63, 3.8) is 0 Å². The van der Waals surface area contributed by atoms with Crippen LogP contribution in [0.2, 0.25) is 0 Å². The topological polar surface area (TPSA) is 53.6 Å². The van der Waals surface area contributed by atoms with Crippen LogP contribution in [0.1, 0.15) is 17.0 Å². The summed E-state index contributed by atoms with van der Waals surface area (Å²) < 4.78 is 50.6. The van der Waals surface area contributed by atoms with Gasteiger partial charge >= 0.3 is 6.18 Å². The minimum absolute atomic E-state index is 0.0988. The zero-order valence-electron chi connectivity index (χ0n) is 9.63. The Kier molecular flexibility index (Phi) is 3.79. The number of H-pyrrole nitrogens is 1. The minimum atomic E-state index is -4.55. The van der Waals surface area contributed by atoms with Gasteiger partial charge in [0.05, 0.1) is 12.1 Å². The number of hydrogen-bond donors (Lipinski definition) is 2. The highest BCUT2D eigenvalue weighted by Crippen LogP contribution is 2.30. The lowest BCUT2D eigenvalue weighted by Crippen LogP contribution is -2.15. The molecule has 0 atom stereocenters. The first-order chi connectivity index (χ1) is 8.95. The average Bonchev–Trinajstić information content (AvgIpc) is 2.80. The number of alkyl halides is 3. The molecule has 4 nitrogen and oxygen atoms in total. The third-order valence-electron chi connectivity index (χ3n) is 2.37. The molecular weight excluding hydrogens is 264 g/mol. The van der Waals surface area contributed by atoms with E-state index in [1.807, 2.05) is 0 Å². The maximum atomic E-state index is 13.1. The van der Waals surface area contributed by atoms with Gasteiger partial charge in [-0.25, -0.2) is 9.37 Å². The average molecular weight is 274 g/mol. The number of aromatic nitrogens is 3. The Morgan fingerprint density at radius 1 is 1.16 bits per heavy atom. The van der Waals surface area contributed by atoms with Crippen LogP contribution in [0.25, 0.3) is 0 Å². The lowest BCUT2D eigenvalue weighted by molar-refractivity contribution is -0.137. The van der Waals surface area contributed by atoms with Crippen LogP contribution in [0.15, 0.2) is 24.5 Å². The molecule has 0 aliphatic rings. The Hall–Kier alpha value is -1.96. The smallest absolute Gasteiger partial charge is 0.306 e. The largest absolute Gasteiger partial charge is 0.416 e. The van der Waals surface area contributed by atoms with Gasteiger partial charge in [-0.2, -0.15) is 18.3 Å². The van der Waals surface area contributed by atoms with E-state index in [4.69, 9.17) is 0 Å². The summed E-state index contributed by atoms with van der Waals surface area (Å²) in [4.78, 5) is 3.84. The minimum Gasteiger partial charge on any atom is -0.306 e. The van der Waals surface area contributed by atoms with E-state index in [1.54, 1.807) is 0 Å². The van der Waals surface area contributed by atoms with Crippen molar-refractivity contribution in [3.05, 3.63) is 47.3 Å². The second kappa shape index (κ2) is 5.35. The van der Waals surface area contributed by atoms with Crippen molar-refractivity contribution in [2.45, 2.75) is 19.3 Å². The molecule has 0 amide bonds. The van der Waals surface area contributed by atoms with E-state index >= 15 is 0 Å². The first-order valence-corrected chi connectivity index (χ1v) is 5.37. The van der Waals surface area contributed by atoms with Crippen molar-refractivity contribution in [3.8, 4) is 0 Å². The predicted molar refractivity (Wildman–Crippen MR) is 58.3 cm³/mol. The Labute approximate surface area is 105 Å². The van der Waals surface area contributed by atoms with E-state index in [0.29, 0.717) is 18.4 Å². The van der Waals surface area contributed by atoms with Gasteiger partial charge in [0.1, 0.15) is 18.0 Å². The van der Waals surface area contributed by atoms with Gasteiger partial charge in [-0.1, -0.05) is 0 Å². The van der Waals surface area contributed by atoms with Gasteiger partial charge in [-0.05, 0) is 23.8 Å². The second-order valence-electron chi connectivity index (χ2n) is 3.88. The summed E-state index contributed by atoms with van der Waals surface area (Å²) in [6.07, 6.45) is -3.23. The maximum absolute atomic E-state index is 13.1. The van der Waals surface area contributed by atoms with Gasteiger partial charge in [0.25, 0.3) is 0 Å². The highest BCUT2D eigenvalue weighted by atomic mass is 19.4. The lowest BCUT2D eigenvalue weighted by atomic mass is 10.1. The number of aromatic amines is 1. The van der Waals surface area contributed by atoms with Crippen LogP contribution in [-0.4, -0.2) is 15.2 Å². The van der Waals surface area contributed by atoms with Crippen LogP contribution in [0, 0.1) is 5.82 Å². The summed E-state index contributed by atoms with van der Waals surface area (Å²) in [5, 5.41) is 9.06. The summed E-state index contributed by atoms with van der Waals surface area (Å²) in [6, 6.07) is 2.44. The highest BCUT2D eigenvalue weighted by molar-refractivity contribution is 5.26. The van der Waals surface area contributed by atoms with E-state index in [2.05, 4.69) is 20.5 Å². The van der Waals surface area contributed by atoms with Crippen molar-refractivity contribution >= 4 is 0 Å². The number of nitrogens with one attached hydrogen (secondary N) is 2. The fourth-order valence-electron chi connectivity index (χ4n) is 1.56. The first-order valence-electron chi connectivity index (χ1n) is 5.37. The second-order valence-corrected chi connectivity index (χ2v) is 3.88. The molecule has 19 heavy (non-hydrogen) atoms. The van der Waals surface area contributed by atoms with E-state index in [9.17, 15) is 17.6 Å². The van der Waals surface area contributed by atoms with Gasteiger partial charge < -0.3 is 5.32 Å². The summed E-state index contributed by atoms with van der Waals surface area (Å²) >= 11 is 0. The van der Waals surface area contributed by atoms with Crippen LogP contribution in [0.3, 0.4) is 0 Å². The van der Waals surface area contributed by atoms with E-state index in [0.717, 1.165) is 12.1 Å². The normalized spacial score (nSPS) is 11.8. The first kappa shape index (κ1) is 13.5. The lowest BCUT2D eigenvalue weighted by Gasteiger charge is -2.09. The monoisotopic (exact) mass is 274 g/mol. The van der Waals surface area contributed by atoms with Crippen LogP contribution in [0.5, 0.6) is 0 Å². The molecule has 2 N–H and O–H groups in total. The molecular formula is C11H10F4N4. The molecule has 0 radical (unpaired) electrons. The van der Waals surface area contributed by atoms with Crippen molar-refractivity contribution in [2.24, 2.45) is 0 Å². The van der Waals surface area contributed by atoms with Crippen molar-refractivity contribution in [1.29, 1.82) is 0 Å². The summed E-state index contributed by atoms with van der Waals surface area (Å²) in [5.41, 5.74) is -0.782. The van der Waals surface area contributed by atoms with Gasteiger partial charge in [-0.3, -0.25) is 5.10 Å². The fraction of sp³-hybridized carbons (Fsp3) is 0.273. The third-order valence-corrected chi connectivity index (χ3v) is 2.37. The number of halogens is 4. The van der Waals surface area contributed by atoms with Crippen LogP contribution in [0.4, 0.5) is 17.6 Å². The van der Waals surface area contributed by atoms with Crippen LogP contribution >= 0.6 is 0 Å².